The molecule has 0 fully saturated rings. The Morgan fingerprint density at radius 1 is 0.491 bits per heavy atom. The maximum atomic E-state index is 3.62. The molecule has 0 atom stereocenters. The van der Waals surface area contributed by atoms with E-state index >= 15 is 0 Å². The summed E-state index contributed by atoms with van der Waals surface area (Å²) in [5, 5.41) is 4.97. The molecule has 0 amide bonds. The average molecular weight is 716 g/mol. The molecule has 0 aliphatic heterocycles. The molecule has 3 aliphatic rings. The fourth-order valence-electron chi connectivity index (χ4n) is 10.0. The van der Waals surface area contributed by atoms with E-state index in [-0.39, 0.29) is 5.41 Å². The zero-order chi connectivity index (χ0) is 36.1. The third kappa shape index (κ3) is 4.25. The van der Waals surface area contributed by atoms with Crippen molar-refractivity contribution in [1.82, 2.24) is 0 Å². The van der Waals surface area contributed by atoms with Gasteiger partial charge in [0.2, 0.25) is 0 Å². The summed E-state index contributed by atoms with van der Waals surface area (Å²) >= 11 is 1.79. The first-order valence-electron chi connectivity index (χ1n) is 19.1. The fourth-order valence-corrected chi connectivity index (χ4v) is 11.1. The van der Waals surface area contributed by atoms with Crippen LogP contribution in [0.2, 0.25) is 0 Å². The molecule has 3 aliphatic carbocycles. The van der Waals surface area contributed by atoms with Gasteiger partial charge in [-0.3, -0.25) is 0 Å². The van der Waals surface area contributed by atoms with E-state index < -0.39 is 0 Å². The van der Waals surface area contributed by atoms with Crippen LogP contribution in [0.1, 0.15) is 35.1 Å². The Hall–Kier alpha value is -6.66. The van der Waals surface area contributed by atoms with Crippen LogP contribution >= 0.6 is 11.3 Å². The average Bonchev–Trinajstić information content (AvgIpc) is 3.88. The number of para-hydroxylation sites is 1. The zero-order valence-corrected chi connectivity index (χ0v) is 30.8. The first-order valence-corrected chi connectivity index (χ1v) is 20.0. The Labute approximate surface area is 324 Å². The number of benzene rings is 7. The van der Waals surface area contributed by atoms with Gasteiger partial charge < -0.3 is 4.90 Å². The number of thiophene rings is 1. The Bertz CT molecular complexity index is 3070. The molecule has 1 aromatic heterocycles. The van der Waals surface area contributed by atoms with Crippen LogP contribution in [-0.4, -0.2) is 0 Å². The predicted octanol–water partition coefficient (Wildman–Crippen LogP) is 14.1. The highest BCUT2D eigenvalue weighted by molar-refractivity contribution is 7.25. The Kier molecular flexibility index (Phi) is 6.53. The fraction of sp³-hybridized carbons (Fsp3) is 0.0566. The first kappa shape index (κ1) is 30.8. The van der Waals surface area contributed by atoms with Gasteiger partial charge in [0.1, 0.15) is 0 Å². The van der Waals surface area contributed by atoms with Gasteiger partial charge in [0.25, 0.3) is 0 Å². The van der Waals surface area contributed by atoms with Crippen LogP contribution in [0.4, 0.5) is 11.4 Å². The minimum atomic E-state index is -0.386. The summed E-state index contributed by atoms with van der Waals surface area (Å²) in [5.41, 5.74) is 16.5. The highest BCUT2D eigenvalue weighted by Crippen LogP contribution is 2.64. The lowest BCUT2D eigenvalue weighted by molar-refractivity contribution is 0.773. The molecule has 0 unspecified atom stereocenters. The number of allylic oxidation sites excluding steroid dienone is 4. The molecule has 0 bridgehead atoms. The second-order valence-corrected chi connectivity index (χ2v) is 16.0. The third-order valence-electron chi connectivity index (χ3n) is 12.2. The summed E-state index contributed by atoms with van der Waals surface area (Å²) in [4.78, 5) is 2.56. The van der Waals surface area contributed by atoms with Crippen LogP contribution in [0.5, 0.6) is 0 Å². The van der Waals surface area contributed by atoms with Crippen LogP contribution < -0.4 is 4.90 Å². The van der Waals surface area contributed by atoms with E-state index in [0.29, 0.717) is 0 Å². The molecule has 256 valence electrons. The highest BCUT2D eigenvalue weighted by Gasteiger charge is 2.52. The van der Waals surface area contributed by atoms with E-state index in [1.54, 1.807) is 11.3 Å². The Balaban J connectivity index is 1.13. The maximum Gasteiger partial charge on any atom is 0.0857 e. The minimum absolute atomic E-state index is 0.386. The molecule has 1 spiro atoms. The van der Waals surface area contributed by atoms with Gasteiger partial charge >= 0.3 is 0 Å². The van der Waals surface area contributed by atoms with Crippen LogP contribution in [0.3, 0.4) is 0 Å². The van der Waals surface area contributed by atoms with Crippen molar-refractivity contribution in [3.05, 3.63) is 222 Å². The topological polar surface area (TPSA) is 3.24 Å². The normalized spacial score (nSPS) is 14.8. The lowest BCUT2D eigenvalue weighted by Gasteiger charge is -2.36. The zero-order valence-electron chi connectivity index (χ0n) is 30.0. The van der Waals surface area contributed by atoms with Crippen molar-refractivity contribution in [2.45, 2.75) is 18.3 Å². The lowest BCUT2D eigenvalue weighted by Crippen LogP contribution is -2.28. The molecular weight excluding hydrogens is 683 g/mol. The van der Waals surface area contributed by atoms with E-state index in [2.05, 4.69) is 193 Å². The molecule has 55 heavy (non-hydrogen) atoms. The number of fused-ring (bicyclic) bond motifs is 13. The third-order valence-corrected chi connectivity index (χ3v) is 13.3. The maximum absolute atomic E-state index is 3.62. The van der Waals surface area contributed by atoms with E-state index in [1.807, 2.05) is 0 Å². The minimum Gasteiger partial charge on any atom is -0.313 e. The molecule has 9 aromatic rings. The monoisotopic (exact) mass is 715 g/mol. The summed E-state index contributed by atoms with van der Waals surface area (Å²) < 4.78 is 2.42. The van der Waals surface area contributed by atoms with Crippen LogP contribution in [-0.2, 0) is 5.41 Å². The molecule has 2 heteroatoms. The lowest BCUT2D eigenvalue weighted by atomic mass is 9.69. The van der Waals surface area contributed by atoms with E-state index in [4.69, 9.17) is 0 Å². The van der Waals surface area contributed by atoms with Crippen molar-refractivity contribution >= 4 is 59.2 Å². The standard InChI is InChI=1S/C53H33NS/c1-2-16-37-34(14-1)15-13-26-50(37)54(49-25-11-6-17-38(49)35-28-31-52-44(32-35)43-21-7-12-27-51(43)55-52)36-29-30-42-41-20-5-10-24-47(41)53(48(42)33-36)45-22-8-3-18-39(45)40-19-4-9-23-46(40)53/h1-27,32-33H,29-30H2. The van der Waals surface area contributed by atoms with Gasteiger partial charge in [-0.05, 0) is 99.2 Å². The van der Waals surface area contributed by atoms with E-state index in [0.717, 1.165) is 34.4 Å². The van der Waals surface area contributed by atoms with Gasteiger partial charge in [-0.15, -0.1) is 11.3 Å². The molecule has 0 saturated heterocycles. The van der Waals surface area contributed by atoms with Crippen molar-refractivity contribution in [1.29, 1.82) is 0 Å². The summed E-state index contributed by atoms with van der Waals surface area (Å²) in [6, 6.07) is 70.0. The molecular formula is C53H33NS. The largest absolute Gasteiger partial charge is 0.313 e. The second kappa shape index (κ2) is 11.7. The van der Waals surface area contributed by atoms with Crippen molar-refractivity contribution in [2.24, 2.45) is 0 Å². The SMILES string of the molecule is c1c(-c2ccccc2N(C2=CC3=C(CC2)c2ccccc2C32c3ccccc3-c3ccccc32)c2cccc3ccccc23)cc2c(c#1)sc1ccccc12. The molecule has 12 rings (SSSR count). The van der Waals surface area contributed by atoms with Gasteiger partial charge in [0, 0.05) is 37.7 Å². The van der Waals surface area contributed by atoms with Gasteiger partial charge in [-0.1, -0.05) is 152 Å². The predicted molar refractivity (Wildman–Crippen MR) is 231 cm³/mol. The van der Waals surface area contributed by atoms with Crippen molar-refractivity contribution in [3.63, 3.8) is 0 Å². The van der Waals surface area contributed by atoms with Crippen LogP contribution in [0, 0.1) is 12.1 Å². The van der Waals surface area contributed by atoms with Crippen molar-refractivity contribution < 1.29 is 0 Å². The number of hydrogen-bond donors (Lipinski definition) is 0. The molecule has 0 N–H and O–H groups in total. The summed E-state index contributed by atoms with van der Waals surface area (Å²) in [7, 11) is 0. The summed E-state index contributed by atoms with van der Waals surface area (Å²) in [6.45, 7) is 0. The summed E-state index contributed by atoms with van der Waals surface area (Å²) in [5.74, 6) is 0. The highest BCUT2D eigenvalue weighted by atomic mass is 32.1. The number of anilines is 2. The van der Waals surface area contributed by atoms with Crippen LogP contribution in [0.15, 0.2) is 187 Å². The Morgan fingerprint density at radius 3 is 1.89 bits per heavy atom. The van der Waals surface area contributed by atoms with E-state index in [1.165, 1.54) is 82.2 Å². The quantitative estimate of drug-likeness (QED) is 0.175. The van der Waals surface area contributed by atoms with Crippen molar-refractivity contribution in [3.8, 4) is 22.3 Å². The molecule has 0 saturated carbocycles. The molecule has 1 heterocycles. The van der Waals surface area contributed by atoms with Gasteiger partial charge in [0.15, 0.2) is 0 Å². The van der Waals surface area contributed by atoms with E-state index in [9.17, 15) is 0 Å². The van der Waals surface area contributed by atoms with Gasteiger partial charge in [0.05, 0.1) is 21.5 Å². The second-order valence-electron chi connectivity index (χ2n) is 14.9. The number of rotatable bonds is 4. The Morgan fingerprint density at radius 2 is 1.09 bits per heavy atom. The molecule has 8 aromatic carbocycles. The molecule has 1 nitrogen and oxygen atoms in total. The van der Waals surface area contributed by atoms with Crippen LogP contribution in [0.25, 0.3) is 58.8 Å². The van der Waals surface area contributed by atoms with Gasteiger partial charge in [-0.25, -0.2) is 0 Å². The number of nitrogens with zero attached hydrogens (tertiary/aromatic N) is 1. The molecule has 0 radical (unpaired) electrons. The number of hydrogen-bond acceptors (Lipinski definition) is 2. The first-order chi connectivity index (χ1) is 27.3. The smallest absolute Gasteiger partial charge is 0.0857 e. The van der Waals surface area contributed by atoms with Gasteiger partial charge in [-0.2, -0.15) is 0 Å². The van der Waals surface area contributed by atoms with Crippen molar-refractivity contribution in [2.75, 3.05) is 4.90 Å². The summed E-state index contributed by atoms with van der Waals surface area (Å²) in [6.07, 6.45) is 4.44.